The fourth-order valence-electron chi connectivity index (χ4n) is 4.90. The lowest BCUT2D eigenvalue weighted by atomic mass is 9.62. The summed E-state index contributed by atoms with van der Waals surface area (Å²) < 4.78 is 5.39. The largest absolute Gasteiger partial charge is 0.461 e. The van der Waals surface area contributed by atoms with Crippen molar-refractivity contribution in [3.63, 3.8) is 0 Å². The van der Waals surface area contributed by atoms with E-state index in [1.807, 2.05) is 13.0 Å². The highest BCUT2D eigenvalue weighted by atomic mass is 16.5. The molecule has 25 heavy (non-hydrogen) atoms. The standard InChI is InChI=1S/C20H30O5/c1-18(2,23)8-4-5-13-11-25-17(22)16-14(13)6-9-19(3)12-20(16,24)10-7-15(19)21/h4-5,8,14-16,21,23-24H,6-7,9-12H2,1-3H3/b8-4+,13-5+/t14-,15+,16+,19+,20-/m1/s1. The maximum atomic E-state index is 12.5. The van der Waals surface area contributed by atoms with Crippen LogP contribution in [0, 0.1) is 17.3 Å². The van der Waals surface area contributed by atoms with Gasteiger partial charge in [-0.15, -0.1) is 0 Å². The van der Waals surface area contributed by atoms with Gasteiger partial charge in [-0.05, 0) is 62.9 Å². The molecule has 1 heterocycles. The van der Waals surface area contributed by atoms with Crippen LogP contribution in [0.25, 0.3) is 0 Å². The minimum absolute atomic E-state index is 0.0789. The van der Waals surface area contributed by atoms with Crippen LogP contribution in [0.15, 0.2) is 23.8 Å². The summed E-state index contributed by atoms with van der Waals surface area (Å²) >= 11 is 0. The van der Waals surface area contributed by atoms with Gasteiger partial charge in [-0.3, -0.25) is 4.79 Å². The smallest absolute Gasteiger partial charge is 0.312 e. The van der Waals surface area contributed by atoms with Crippen LogP contribution < -0.4 is 0 Å². The van der Waals surface area contributed by atoms with Crippen LogP contribution in [0.2, 0.25) is 0 Å². The van der Waals surface area contributed by atoms with Crippen LogP contribution in [0.4, 0.5) is 0 Å². The van der Waals surface area contributed by atoms with Gasteiger partial charge in [0.25, 0.3) is 0 Å². The van der Waals surface area contributed by atoms with Crippen LogP contribution in [0.1, 0.15) is 52.9 Å². The molecule has 0 radical (unpaired) electrons. The number of hydrogen-bond donors (Lipinski definition) is 3. The van der Waals surface area contributed by atoms with Gasteiger partial charge in [0, 0.05) is 0 Å². The molecule has 3 N–H and O–H groups in total. The van der Waals surface area contributed by atoms with E-state index in [1.165, 1.54) is 0 Å². The maximum absolute atomic E-state index is 12.5. The number of cyclic esters (lactones) is 1. The summed E-state index contributed by atoms with van der Waals surface area (Å²) in [6.07, 6.45) is 7.85. The van der Waals surface area contributed by atoms with E-state index in [-0.39, 0.29) is 23.9 Å². The van der Waals surface area contributed by atoms with E-state index in [9.17, 15) is 20.1 Å². The maximum Gasteiger partial charge on any atom is 0.312 e. The van der Waals surface area contributed by atoms with E-state index in [1.54, 1.807) is 26.0 Å². The van der Waals surface area contributed by atoms with Crippen molar-refractivity contribution < 1.29 is 24.9 Å². The zero-order valence-electron chi connectivity index (χ0n) is 15.4. The summed E-state index contributed by atoms with van der Waals surface area (Å²) in [6, 6.07) is 0. The van der Waals surface area contributed by atoms with Gasteiger partial charge in [0.2, 0.25) is 0 Å². The summed E-state index contributed by atoms with van der Waals surface area (Å²) in [6.45, 7) is 5.64. The van der Waals surface area contributed by atoms with Crippen molar-refractivity contribution in [3.05, 3.63) is 23.8 Å². The van der Waals surface area contributed by atoms with E-state index in [0.717, 1.165) is 18.4 Å². The quantitative estimate of drug-likeness (QED) is 0.664. The Bertz CT molecular complexity index is 602. The number of hydrogen-bond acceptors (Lipinski definition) is 5. The summed E-state index contributed by atoms with van der Waals surface area (Å²) in [5.41, 5.74) is -1.41. The van der Waals surface area contributed by atoms with E-state index in [4.69, 9.17) is 4.74 Å². The lowest BCUT2D eigenvalue weighted by molar-refractivity contribution is -0.176. The third kappa shape index (κ3) is 3.55. The molecule has 3 aliphatic rings. The number of allylic oxidation sites excluding steroid dienone is 2. The molecule has 0 aromatic carbocycles. The van der Waals surface area contributed by atoms with Gasteiger partial charge in [0.05, 0.1) is 23.2 Å². The van der Waals surface area contributed by atoms with Crippen molar-refractivity contribution in [2.75, 3.05) is 6.61 Å². The van der Waals surface area contributed by atoms with Crippen LogP contribution in [-0.4, -0.2) is 45.2 Å². The predicted molar refractivity (Wildman–Crippen MR) is 93.6 cm³/mol. The van der Waals surface area contributed by atoms with Gasteiger partial charge in [-0.2, -0.15) is 0 Å². The Morgan fingerprint density at radius 3 is 2.68 bits per heavy atom. The average molecular weight is 350 g/mol. The SMILES string of the molecule is CC(C)(O)/C=C/C=C1\COC(=O)[C@@H]2[C@@H]1CC[C@@]1(C)C[C@]2(O)CC[C@@H]1O. The minimum atomic E-state index is -1.12. The van der Waals surface area contributed by atoms with Crippen LogP contribution in [0.5, 0.6) is 0 Å². The second-order valence-electron chi connectivity index (χ2n) is 8.97. The fourth-order valence-corrected chi connectivity index (χ4v) is 4.90. The molecule has 140 valence electrons. The molecule has 0 aromatic rings. The first kappa shape index (κ1) is 18.6. The molecule has 1 aliphatic heterocycles. The average Bonchev–Trinajstić information content (AvgIpc) is 2.59. The molecule has 5 nitrogen and oxygen atoms in total. The molecule has 3 rings (SSSR count). The number of ether oxygens (including phenoxy) is 1. The molecule has 5 heteroatoms. The van der Waals surface area contributed by atoms with Crippen molar-refractivity contribution in [2.45, 2.75) is 70.2 Å². The summed E-state index contributed by atoms with van der Waals surface area (Å²) in [4.78, 5) is 12.5. The van der Waals surface area contributed by atoms with Gasteiger partial charge < -0.3 is 20.1 Å². The topological polar surface area (TPSA) is 87.0 Å². The van der Waals surface area contributed by atoms with Crippen molar-refractivity contribution in [1.29, 1.82) is 0 Å². The number of carbonyl (C=O) groups excluding carboxylic acids is 1. The molecule has 3 fully saturated rings. The Kier molecular flexibility index (Phi) is 4.63. The van der Waals surface area contributed by atoms with E-state index >= 15 is 0 Å². The molecule has 2 saturated carbocycles. The van der Waals surface area contributed by atoms with Gasteiger partial charge in [-0.1, -0.05) is 25.2 Å². The van der Waals surface area contributed by atoms with Gasteiger partial charge in [0.15, 0.2) is 0 Å². The fraction of sp³-hybridized carbons (Fsp3) is 0.750. The normalized spacial score (nSPS) is 43.7. The van der Waals surface area contributed by atoms with E-state index in [2.05, 4.69) is 0 Å². The molecular weight excluding hydrogens is 320 g/mol. The lowest BCUT2D eigenvalue weighted by Crippen LogP contribution is -2.54. The van der Waals surface area contributed by atoms with Gasteiger partial charge in [-0.25, -0.2) is 0 Å². The van der Waals surface area contributed by atoms with Crippen LogP contribution in [0.3, 0.4) is 0 Å². The highest BCUT2D eigenvalue weighted by Gasteiger charge is 2.58. The molecule has 5 atom stereocenters. The Morgan fingerprint density at radius 2 is 2.00 bits per heavy atom. The van der Waals surface area contributed by atoms with Gasteiger partial charge in [0.1, 0.15) is 6.61 Å². The Morgan fingerprint density at radius 1 is 1.28 bits per heavy atom. The number of aliphatic hydroxyl groups excluding tert-OH is 1. The number of rotatable bonds is 2. The highest BCUT2D eigenvalue weighted by molar-refractivity contribution is 5.76. The van der Waals surface area contributed by atoms with Crippen molar-refractivity contribution in [2.24, 2.45) is 17.3 Å². The number of aliphatic hydroxyl groups is 3. The second-order valence-corrected chi connectivity index (χ2v) is 8.97. The van der Waals surface area contributed by atoms with Gasteiger partial charge >= 0.3 is 5.97 Å². The third-order valence-corrected chi connectivity index (χ3v) is 6.30. The number of esters is 1. The molecule has 0 amide bonds. The molecule has 0 aromatic heterocycles. The van der Waals surface area contributed by atoms with Crippen molar-refractivity contribution in [1.82, 2.24) is 0 Å². The predicted octanol–water partition coefficient (Wildman–Crippen LogP) is 2.11. The molecule has 2 aliphatic carbocycles. The Hall–Kier alpha value is -1.17. The second kappa shape index (κ2) is 6.22. The van der Waals surface area contributed by atoms with Crippen molar-refractivity contribution in [3.8, 4) is 0 Å². The van der Waals surface area contributed by atoms with Crippen LogP contribution >= 0.6 is 0 Å². The first-order chi connectivity index (χ1) is 11.5. The first-order valence-corrected chi connectivity index (χ1v) is 9.22. The molecular formula is C20H30O5. The lowest BCUT2D eigenvalue weighted by Gasteiger charge is -2.48. The third-order valence-electron chi connectivity index (χ3n) is 6.30. The first-order valence-electron chi connectivity index (χ1n) is 9.22. The highest BCUT2D eigenvalue weighted by Crippen LogP contribution is 2.55. The van der Waals surface area contributed by atoms with Crippen LogP contribution in [-0.2, 0) is 9.53 Å². The van der Waals surface area contributed by atoms with E-state index < -0.39 is 23.2 Å². The summed E-state index contributed by atoms with van der Waals surface area (Å²) in [5, 5.41) is 31.6. The van der Waals surface area contributed by atoms with Crippen molar-refractivity contribution >= 4 is 5.97 Å². The summed E-state index contributed by atoms with van der Waals surface area (Å²) in [7, 11) is 0. The Balaban J connectivity index is 1.94. The summed E-state index contributed by atoms with van der Waals surface area (Å²) in [5.74, 6) is -0.973. The number of fused-ring (bicyclic) bond motifs is 4. The van der Waals surface area contributed by atoms with E-state index in [0.29, 0.717) is 19.3 Å². The molecule has 0 unspecified atom stereocenters. The molecule has 0 spiro atoms. The zero-order valence-corrected chi connectivity index (χ0v) is 15.4. The molecule has 2 bridgehead atoms. The minimum Gasteiger partial charge on any atom is -0.461 e. The molecule has 1 saturated heterocycles. The zero-order chi connectivity index (χ0) is 18.5. The number of carbonyl (C=O) groups is 1. The monoisotopic (exact) mass is 350 g/mol. The Labute approximate surface area is 149 Å².